The molecule has 0 unspecified atom stereocenters. The van der Waals surface area contributed by atoms with Crippen LogP contribution in [0.4, 0.5) is 0 Å². The normalized spacial score (nSPS) is 22.6. The van der Waals surface area contributed by atoms with Crippen LogP contribution in [0.5, 0.6) is 5.75 Å². The van der Waals surface area contributed by atoms with Crippen molar-refractivity contribution in [3.05, 3.63) is 23.3 Å². The molecule has 0 spiro atoms. The molecule has 0 saturated carbocycles. The summed E-state index contributed by atoms with van der Waals surface area (Å²) < 4.78 is 17.8. The van der Waals surface area contributed by atoms with Gasteiger partial charge in [0.05, 0.1) is 23.3 Å². The summed E-state index contributed by atoms with van der Waals surface area (Å²) in [5.41, 5.74) is 1.59. The second-order valence-electron chi connectivity index (χ2n) is 6.90. The maximum atomic E-state index is 12.2. The maximum Gasteiger partial charge on any atom is 0.495 e. The average Bonchev–Trinajstić information content (AvgIpc) is 2.54. The zero-order chi connectivity index (χ0) is 16.1. The van der Waals surface area contributed by atoms with E-state index in [0.29, 0.717) is 24.5 Å². The third-order valence-electron chi connectivity index (χ3n) is 4.77. The zero-order valence-corrected chi connectivity index (χ0v) is 13.8. The van der Waals surface area contributed by atoms with Gasteiger partial charge in [0, 0.05) is 0 Å². The predicted octanol–water partition coefficient (Wildman–Crippen LogP) is 1.42. The van der Waals surface area contributed by atoms with Crippen molar-refractivity contribution in [1.29, 1.82) is 0 Å². The van der Waals surface area contributed by atoms with Crippen molar-refractivity contribution in [3.63, 3.8) is 0 Å². The van der Waals surface area contributed by atoms with Gasteiger partial charge in [-0.2, -0.15) is 0 Å². The molecule has 2 aliphatic heterocycles. The molecule has 2 aliphatic rings. The van der Waals surface area contributed by atoms with Crippen LogP contribution < -0.4 is 15.5 Å². The molecule has 1 aromatic carbocycles. The number of benzene rings is 1. The molecule has 5 nitrogen and oxygen atoms in total. The summed E-state index contributed by atoms with van der Waals surface area (Å²) in [6, 6.07) is 3.72. The van der Waals surface area contributed by atoms with Crippen molar-refractivity contribution >= 4 is 18.5 Å². The minimum atomic E-state index is -0.480. The first-order chi connectivity index (χ1) is 10.2. The van der Waals surface area contributed by atoms with Gasteiger partial charge in [-0.1, -0.05) is 0 Å². The van der Waals surface area contributed by atoms with Gasteiger partial charge < -0.3 is 19.4 Å². The number of hydrogen-bond donors (Lipinski definition) is 1. The summed E-state index contributed by atoms with van der Waals surface area (Å²) in [7, 11) is -0.480. The Morgan fingerprint density at radius 2 is 1.77 bits per heavy atom. The summed E-state index contributed by atoms with van der Waals surface area (Å²) in [5, 5.41) is 2.82. The lowest BCUT2D eigenvalue weighted by atomic mass is 9.75. The van der Waals surface area contributed by atoms with Crippen LogP contribution in [-0.4, -0.2) is 37.4 Å². The van der Waals surface area contributed by atoms with Gasteiger partial charge in [0.1, 0.15) is 12.4 Å². The molecule has 1 fully saturated rings. The Kier molecular flexibility index (Phi) is 3.49. The van der Waals surface area contributed by atoms with Crippen molar-refractivity contribution in [2.45, 2.75) is 45.8 Å². The van der Waals surface area contributed by atoms with Gasteiger partial charge in [0.15, 0.2) is 0 Å². The molecule has 1 N–H and O–H groups in total. The van der Waals surface area contributed by atoms with Gasteiger partial charge in [-0.25, -0.2) is 0 Å². The number of rotatable bonds is 1. The molecule has 1 aromatic rings. The third kappa shape index (κ3) is 2.40. The van der Waals surface area contributed by atoms with Crippen LogP contribution in [0.2, 0.25) is 0 Å². The summed E-state index contributed by atoms with van der Waals surface area (Å²) in [4.78, 5) is 12.2. The quantitative estimate of drug-likeness (QED) is 0.797. The van der Waals surface area contributed by atoms with Crippen LogP contribution in [0.25, 0.3) is 0 Å². The minimum Gasteiger partial charge on any atom is -0.491 e. The standard InChI is InChI=1S/C16H22BNO4/c1-10-8-13-11(14(19)18-6-7-20-13)9-12(10)17-21-15(2,3)16(4,5)22-17/h8-9H,6-7H2,1-5H3,(H,18,19). The highest BCUT2D eigenvalue weighted by molar-refractivity contribution is 6.62. The number of fused-ring (bicyclic) bond motifs is 1. The second-order valence-corrected chi connectivity index (χ2v) is 6.90. The summed E-state index contributed by atoms with van der Waals surface area (Å²) >= 11 is 0. The van der Waals surface area contributed by atoms with E-state index in [1.165, 1.54) is 0 Å². The fourth-order valence-corrected chi connectivity index (χ4v) is 2.64. The summed E-state index contributed by atoms with van der Waals surface area (Å²) in [6.07, 6.45) is 0. The number of carbonyl (C=O) groups is 1. The molecule has 2 heterocycles. The number of nitrogens with one attached hydrogen (secondary N) is 1. The predicted molar refractivity (Wildman–Crippen MR) is 84.7 cm³/mol. The lowest BCUT2D eigenvalue weighted by Gasteiger charge is -2.32. The van der Waals surface area contributed by atoms with E-state index in [9.17, 15) is 4.79 Å². The molecule has 6 heteroatoms. The first kappa shape index (κ1) is 15.4. The van der Waals surface area contributed by atoms with Crippen molar-refractivity contribution in [3.8, 4) is 5.75 Å². The Morgan fingerprint density at radius 3 is 2.41 bits per heavy atom. The first-order valence-electron chi connectivity index (χ1n) is 7.62. The van der Waals surface area contributed by atoms with E-state index in [0.717, 1.165) is 11.0 Å². The van der Waals surface area contributed by atoms with Crippen LogP contribution in [0.3, 0.4) is 0 Å². The first-order valence-corrected chi connectivity index (χ1v) is 7.62. The van der Waals surface area contributed by atoms with Gasteiger partial charge in [-0.3, -0.25) is 4.79 Å². The fourth-order valence-electron chi connectivity index (χ4n) is 2.64. The van der Waals surface area contributed by atoms with Crippen molar-refractivity contribution in [2.24, 2.45) is 0 Å². The highest BCUT2D eigenvalue weighted by atomic mass is 16.7. The topological polar surface area (TPSA) is 56.8 Å². The Balaban J connectivity index is 2.01. The largest absolute Gasteiger partial charge is 0.495 e. The Bertz CT molecular complexity index is 611. The fraction of sp³-hybridized carbons (Fsp3) is 0.562. The summed E-state index contributed by atoms with van der Waals surface area (Å²) in [5.74, 6) is 0.498. The van der Waals surface area contributed by atoms with Gasteiger partial charge in [0.25, 0.3) is 5.91 Å². The van der Waals surface area contributed by atoms with Crippen molar-refractivity contribution in [2.75, 3.05) is 13.2 Å². The van der Waals surface area contributed by atoms with E-state index >= 15 is 0 Å². The number of aryl methyl sites for hydroxylation is 1. The van der Waals surface area contributed by atoms with Crippen molar-refractivity contribution in [1.82, 2.24) is 5.32 Å². The molecule has 118 valence electrons. The molecule has 0 bridgehead atoms. The van der Waals surface area contributed by atoms with E-state index in [1.54, 1.807) is 0 Å². The van der Waals surface area contributed by atoms with Gasteiger partial charge in [0.2, 0.25) is 0 Å². The Hall–Kier alpha value is -1.53. The van der Waals surface area contributed by atoms with Gasteiger partial charge in [-0.05, 0) is 57.8 Å². The third-order valence-corrected chi connectivity index (χ3v) is 4.77. The summed E-state index contributed by atoms with van der Waals surface area (Å²) in [6.45, 7) is 11.0. The molecule has 1 amide bonds. The Morgan fingerprint density at radius 1 is 1.14 bits per heavy atom. The molecule has 0 radical (unpaired) electrons. The number of amides is 1. The lowest BCUT2D eigenvalue weighted by Crippen LogP contribution is -2.41. The smallest absolute Gasteiger partial charge is 0.491 e. The highest BCUT2D eigenvalue weighted by Gasteiger charge is 2.52. The molecule has 0 aromatic heterocycles. The maximum absolute atomic E-state index is 12.2. The molecular weight excluding hydrogens is 281 g/mol. The van der Waals surface area contributed by atoms with Crippen LogP contribution >= 0.6 is 0 Å². The van der Waals surface area contributed by atoms with Crippen LogP contribution in [0.1, 0.15) is 43.6 Å². The van der Waals surface area contributed by atoms with E-state index in [1.807, 2.05) is 46.8 Å². The second kappa shape index (κ2) is 5.00. The molecular formula is C16H22BNO4. The highest BCUT2D eigenvalue weighted by Crippen LogP contribution is 2.37. The molecule has 3 rings (SSSR count). The SMILES string of the molecule is Cc1cc2c(cc1B1OC(C)(C)C(C)(C)O1)C(=O)NCCO2. The van der Waals surface area contributed by atoms with Gasteiger partial charge in [-0.15, -0.1) is 0 Å². The average molecular weight is 303 g/mol. The molecule has 0 aliphatic carbocycles. The van der Waals surface area contributed by atoms with E-state index in [4.69, 9.17) is 14.0 Å². The number of carbonyl (C=O) groups excluding carboxylic acids is 1. The zero-order valence-electron chi connectivity index (χ0n) is 13.8. The number of ether oxygens (including phenoxy) is 1. The molecule has 22 heavy (non-hydrogen) atoms. The van der Waals surface area contributed by atoms with Crippen molar-refractivity contribution < 1.29 is 18.8 Å². The molecule has 0 atom stereocenters. The van der Waals surface area contributed by atoms with E-state index in [-0.39, 0.29) is 5.91 Å². The van der Waals surface area contributed by atoms with Crippen LogP contribution in [0, 0.1) is 6.92 Å². The van der Waals surface area contributed by atoms with E-state index in [2.05, 4.69) is 5.32 Å². The van der Waals surface area contributed by atoms with Crippen LogP contribution in [-0.2, 0) is 9.31 Å². The number of hydrogen-bond acceptors (Lipinski definition) is 4. The lowest BCUT2D eigenvalue weighted by molar-refractivity contribution is 0.00578. The van der Waals surface area contributed by atoms with Gasteiger partial charge >= 0.3 is 7.12 Å². The van der Waals surface area contributed by atoms with Crippen LogP contribution in [0.15, 0.2) is 12.1 Å². The minimum absolute atomic E-state index is 0.120. The Labute approximate surface area is 131 Å². The molecule has 1 saturated heterocycles. The monoisotopic (exact) mass is 303 g/mol. The van der Waals surface area contributed by atoms with E-state index < -0.39 is 18.3 Å².